The molecule has 0 spiro atoms. The second-order valence-corrected chi connectivity index (χ2v) is 17.0. The Labute approximate surface area is 364 Å². The third-order valence-electron chi connectivity index (χ3n) is 11.4. The Hall–Kier alpha value is -2.73. The van der Waals surface area contributed by atoms with Crippen molar-refractivity contribution in [3.8, 4) is 0 Å². The molecule has 350 valence electrons. The molecular weight excluding hydrogens is 767 g/mol. The summed E-state index contributed by atoms with van der Waals surface area (Å²) in [5, 5.41) is 9.39. The van der Waals surface area contributed by atoms with Crippen molar-refractivity contribution in [2.45, 2.75) is 213 Å². The van der Waals surface area contributed by atoms with E-state index in [1.165, 1.54) is 19.3 Å². The zero-order valence-corrected chi connectivity index (χ0v) is 38.4. The lowest BCUT2D eigenvalue weighted by Crippen LogP contribution is -2.42. The molecule has 0 heterocycles. The molecule has 0 aromatic rings. The summed E-state index contributed by atoms with van der Waals surface area (Å²) in [6.07, 6.45) is 25.1. The second kappa shape index (κ2) is 39.1. The van der Waals surface area contributed by atoms with E-state index in [1.807, 2.05) is 0 Å². The van der Waals surface area contributed by atoms with Crippen molar-refractivity contribution in [2.75, 3.05) is 52.7 Å². The average molecular weight is 854 g/mol. The summed E-state index contributed by atoms with van der Waals surface area (Å²) in [6.45, 7) is 8.45. The zero-order chi connectivity index (χ0) is 43.9. The van der Waals surface area contributed by atoms with Crippen molar-refractivity contribution in [1.82, 2.24) is 4.90 Å². The van der Waals surface area contributed by atoms with Gasteiger partial charge in [0.1, 0.15) is 19.8 Å². The smallest absolute Gasteiger partial charge is 0.305 e. The molecule has 60 heavy (non-hydrogen) atoms. The van der Waals surface area contributed by atoms with Gasteiger partial charge in [0, 0.05) is 50.6 Å². The summed E-state index contributed by atoms with van der Waals surface area (Å²) < 4.78 is 27.8. The molecule has 1 N–H and O–H groups in total. The maximum absolute atomic E-state index is 12.9. The van der Waals surface area contributed by atoms with Crippen LogP contribution < -0.4 is 0 Å². The van der Waals surface area contributed by atoms with Gasteiger partial charge in [-0.2, -0.15) is 0 Å². The van der Waals surface area contributed by atoms with Gasteiger partial charge in [-0.3, -0.25) is 28.9 Å². The van der Waals surface area contributed by atoms with Gasteiger partial charge in [-0.15, -0.1) is 0 Å². The number of aliphatic hydroxyl groups is 1. The van der Waals surface area contributed by atoms with E-state index in [2.05, 4.69) is 25.7 Å². The van der Waals surface area contributed by atoms with Crippen molar-refractivity contribution < 1.29 is 52.8 Å². The number of carbonyl (C=O) groups excluding carboxylic acids is 5. The lowest BCUT2D eigenvalue weighted by molar-refractivity contribution is -0.155. The molecule has 1 aliphatic rings. The van der Waals surface area contributed by atoms with Crippen molar-refractivity contribution in [3.63, 3.8) is 0 Å². The first-order chi connectivity index (χ1) is 29.2. The van der Waals surface area contributed by atoms with Gasteiger partial charge in [-0.25, -0.2) is 0 Å². The molecule has 12 nitrogen and oxygen atoms in total. The second-order valence-electron chi connectivity index (χ2n) is 17.0. The molecule has 0 saturated heterocycles. The normalized spacial score (nSPS) is 13.2. The Balaban J connectivity index is 2.60. The number of unbranched alkanes of at least 4 members (excludes halogenated alkanes) is 15. The first kappa shape index (κ1) is 55.3. The molecule has 0 aliphatic heterocycles. The fraction of sp³-hybridized carbons (Fsp3) is 0.896. The van der Waals surface area contributed by atoms with Gasteiger partial charge in [0.05, 0.1) is 25.7 Å². The fourth-order valence-corrected chi connectivity index (χ4v) is 7.22. The maximum atomic E-state index is 12.9. The average Bonchev–Trinajstić information content (AvgIpc) is 3.21. The van der Waals surface area contributed by atoms with E-state index < -0.39 is 11.9 Å². The van der Waals surface area contributed by atoms with Gasteiger partial charge >= 0.3 is 29.8 Å². The van der Waals surface area contributed by atoms with E-state index in [0.29, 0.717) is 44.6 Å². The zero-order valence-electron chi connectivity index (χ0n) is 38.4. The highest BCUT2D eigenvalue weighted by atomic mass is 16.6. The third-order valence-corrected chi connectivity index (χ3v) is 11.4. The molecule has 1 aliphatic carbocycles. The number of ether oxygens (including phenoxy) is 5. The molecule has 0 radical (unpaired) electrons. The van der Waals surface area contributed by atoms with Crippen molar-refractivity contribution in [1.29, 1.82) is 0 Å². The summed E-state index contributed by atoms with van der Waals surface area (Å²) >= 11 is 0. The van der Waals surface area contributed by atoms with Crippen LogP contribution in [0.2, 0.25) is 0 Å². The highest BCUT2D eigenvalue weighted by molar-refractivity contribution is 5.71. The van der Waals surface area contributed by atoms with Crippen LogP contribution in [-0.4, -0.2) is 98.6 Å². The fourth-order valence-electron chi connectivity index (χ4n) is 7.22. The first-order valence-corrected chi connectivity index (χ1v) is 24.3. The van der Waals surface area contributed by atoms with Crippen molar-refractivity contribution >= 4 is 29.8 Å². The summed E-state index contributed by atoms with van der Waals surface area (Å²) in [6, 6.07) is 0.604. The van der Waals surface area contributed by atoms with Crippen molar-refractivity contribution in [3.05, 3.63) is 0 Å². The lowest BCUT2D eigenvalue weighted by atomic mass is 9.91. The monoisotopic (exact) mass is 854 g/mol. The van der Waals surface area contributed by atoms with E-state index in [4.69, 9.17) is 23.7 Å². The Morgan fingerprint density at radius 1 is 0.450 bits per heavy atom. The number of hydrogen-bond donors (Lipinski definition) is 1. The molecule has 0 amide bonds. The van der Waals surface area contributed by atoms with Crippen LogP contribution in [0.3, 0.4) is 0 Å². The number of esters is 5. The van der Waals surface area contributed by atoms with Crippen LogP contribution >= 0.6 is 0 Å². The number of carbonyl (C=O) groups is 5. The van der Waals surface area contributed by atoms with Gasteiger partial charge in [0.25, 0.3) is 0 Å². The lowest BCUT2D eigenvalue weighted by Gasteiger charge is -2.37. The van der Waals surface area contributed by atoms with Crippen LogP contribution in [0.1, 0.15) is 207 Å². The van der Waals surface area contributed by atoms with Crippen LogP contribution in [0.15, 0.2) is 0 Å². The predicted octanol–water partition coefficient (Wildman–Crippen LogP) is 9.98. The van der Waals surface area contributed by atoms with Crippen LogP contribution in [0, 0.1) is 11.8 Å². The number of rotatable bonds is 42. The number of aliphatic hydroxyl groups excluding tert-OH is 1. The quantitative estimate of drug-likeness (QED) is 0.0353. The van der Waals surface area contributed by atoms with Crippen LogP contribution in [0.5, 0.6) is 0 Å². The third kappa shape index (κ3) is 32.0. The van der Waals surface area contributed by atoms with E-state index in [9.17, 15) is 29.1 Å². The van der Waals surface area contributed by atoms with Crippen molar-refractivity contribution in [2.24, 2.45) is 11.8 Å². The molecule has 1 atom stereocenters. The Bertz CT molecular complexity index is 1070. The minimum Gasteiger partial charge on any atom is -0.465 e. The van der Waals surface area contributed by atoms with Crippen LogP contribution in [0.25, 0.3) is 0 Å². The molecule has 0 bridgehead atoms. The van der Waals surface area contributed by atoms with Gasteiger partial charge < -0.3 is 28.8 Å². The molecule has 0 aromatic heterocycles. The summed E-state index contributed by atoms with van der Waals surface area (Å²) in [4.78, 5) is 65.3. The van der Waals surface area contributed by atoms with Gasteiger partial charge in [-0.1, -0.05) is 117 Å². The van der Waals surface area contributed by atoms with Gasteiger partial charge in [-0.05, 0) is 64.3 Å². The van der Waals surface area contributed by atoms with E-state index in [0.717, 1.165) is 129 Å². The van der Waals surface area contributed by atoms with E-state index >= 15 is 0 Å². The standard InChI is InChI=1S/C48H87NO11/c1-4-7-10-13-18-28-44(51)56-36-41(37-57-45(52)29-19-14-11-8-5-2)25-23-32-48(55)60-40-42(38-58-46(53)30-20-15-12-9-6-3)39-59-47(54)31-21-16-17-22-33-49(34-35-50)43-26-24-27-43/h41-43,50H,4-40H2,1-3H3. The first-order valence-electron chi connectivity index (χ1n) is 24.3. The number of nitrogens with zero attached hydrogens (tertiary/aromatic N) is 1. The minimum absolute atomic E-state index is 0.0182. The predicted molar refractivity (Wildman–Crippen MR) is 235 cm³/mol. The van der Waals surface area contributed by atoms with Crippen LogP contribution in [0.4, 0.5) is 0 Å². The topological polar surface area (TPSA) is 155 Å². The maximum Gasteiger partial charge on any atom is 0.305 e. The van der Waals surface area contributed by atoms with Gasteiger partial charge in [0.2, 0.25) is 0 Å². The summed E-state index contributed by atoms with van der Waals surface area (Å²) in [5.74, 6) is -2.34. The number of hydrogen-bond acceptors (Lipinski definition) is 12. The Morgan fingerprint density at radius 2 is 0.783 bits per heavy atom. The molecule has 1 unspecified atom stereocenters. The Kier molecular flexibility index (Phi) is 36.1. The molecule has 0 aromatic carbocycles. The van der Waals surface area contributed by atoms with E-state index in [-0.39, 0.29) is 82.3 Å². The molecule has 1 rings (SSSR count). The van der Waals surface area contributed by atoms with E-state index in [1.54, 1.807) is 0 Å². The molecule has 1 fully saturated rings. The molecule has 1 saturated carbocycles. The summed E-state index contributed by atoms with van der Waals surface area (Å²) in [5.41, 5.74) is 0. The largest absolute Gasteiger partial charge is 0.465 e. The highest BCUT2D eigenvalue weighted by Crippen LogP contribution is 2.25. The van der Waals surface area contributed by atoms with Gasteiger partial charge in [0.15, 0.2) is 0 Å². The minimum atomic E-state index is -0.499. The SMILES string of the molecule is CCCCCCCC(=O)OCC(CCCC(=O)OCC(COC(=O)CCCCCCC)COC(=O)CCCCCCN(CCO)C1CCC1)COC(=O)CCCCCCC. The highest BCUT2D eigenvalue weighted by Gasteiger charge is 2.24. The molecule has 12 heteroatoms. The summed E-state index contributed by atoms with van der Waals surface area (Å²) in [7, 11) is 0. The molecular formula is C48H87NO11. The Morgan fingerprint density at radius 3 is 1.12 bits per heavy atom. The van der Waals surface area contributed by atoms with Crippen LogP contribution in [-0.2, 0) is 47.7 Å².